The molecule has 0 spiro atoms. The summed E-state index contributed by atoms with van der Waals surface area (Å²) in [6, 6.07) is 15.3. The van der Waals surface area contributed by atoms with Gasteiger partial charge < -0.3 is 25.0 Å². The lowest BCUT2D eigenvalue weighted by atomic mass is 9.95. The quantitative estimate of drug-likeness (QED) is 0.472. The Hall–Kier alpha value is -3.39. The van der Waals surface area contributed by atoms with Crippen LogP contribution in [0.5, 0.6) is 5.75 Å². The molecule has 1 fully saturated rings. The second kappa shape index (κ2) is 13.4. The van der Waals surface area contributed by atoms with Crippen LogP contribution in [0.4, 0.5) is 0 Å². The number of carbonyl (C=O) groups is 3. The molecule has 2 aromatic rings. The van der Waals surface area contributed by atoms with Crippen molar-refractivity contribution in [2.75, 3.05) is 27.2 Å². The highest BCUT2D eigenvalue weighted by Crippen LogP contribution is 2.19. The normalized spacial score (nSPS) is 17.6. The van der Waals surface area contributed by atoms with Gasteiger partial charge in [-0.2, -0.15) is 0 Å². The number of β-amino-alcohol motifs (C(OH)–C–C–N with tert-alkyl or cyclic N) is 1. The third-order valence-electron chi connectivity index (χ3n) is 7.47. The van der Waals surface area contributed by atoms with Gasteiger partial charge in [0.05, 0.1) is 13.2 Å². The lowest BCUT2D eigenvalue weighted by molar-refractivity contribution is -0.144. The average molecular weight is 524 g/mol. The fraction of sp³-hybridized carbons (Fsp3) is 0.500. The highest BCUT2D eigenvalue weighted by molar-refractivity contribution is 5.93. The fourth-order valence-corrected chi connectivity index (χ4v) is 4.63. The summed E-state index contributed by atoms with van der Waals surface area (Å²) in [5.74, 6) is -0.173. The average Bonchev–Trinajstić information content (AvgIpc) is 3.36. The standard InChI is InChI=1S/C30H41N3O5/c1-20(2)21(3)29(36)32(4)27(18-22-9-7-6-8-10-22)28(35)31-26(30(37)33-16-15-24(34)19-33)17-23-11-13-25(38-5)14-12-23/h6-14,20-21,24,26-27,34H,15-19H2,1-5H3,(H,31,35)/t21-,24-,26-,27?/m0/s1. The number of nitrogens with one attached hydrogen (secondary N) is 1. The molecule has 0 radical (unpaired) electrons. The lowest BCUT2D eigenvalue weighted by Gasteiger charge is -2.32. The molecule has 1 heterocycles. The molecular formula is C30H41N3O5. The second-order valence-electron chi connectivity index (χ2n) is 10.5. The zero-order valence-corrected chi connectivity index (χ0v) is 23.1. The van der Waals surface area contributed by atoms with Gasteiger partial charge >= 0.3 is 0 Å². The number of ether oxygens (including phenoxy) is 1. The molecule has 0 aromatic heterocycles. The molecule has 1 aliphatic rings. The number of hydrogen-bond donors (Lipinski definition) is 2. The second-order valence-corrected chi connectivity index (χ2v) is 10.5. The minimum atomic E-state index is -0.842. The first kappa shape index (κ1) is 29.2. The summed E-state index contributed by atoms with van der Waals surface area (Å²) in [6.07, 6.45) is 0.546. The van der Waals surface area contributed by atoms with Crippen molar-refractivity contribution in [1.82, 2.24) is 15.1 Å². The first-order valence-electron chi connectivity index (χ1n) is 13.3. The maximum atomic E-state index is 13.8. The van der Waals surface area contributed by atoms with E-state index in [1.54, 1.807) is 19.1 Å². The van der Waals surface area contributed by atoms with Crippen LogP contribution in [0.1, 0.15) is 38.3 Å². The highest BCUT2D eigenvalue weighted by atomic mass is 16.5. The highest BCUT2D eigenvalue weighted by Gasteiger charge is 2.35. The Morgan fingerprint density at radius 1 is 1.03 bits per heavy atom. The SMILES string of the molecule is COc1ccc(C[C@H](NC(=O)C(Cc2ccccc2)N(C)C(=O)[C@@H](C)C(C)C)C(=O)N2CC[C@H](O)C2)cc1. The molecule has 3 rings (SSSR count). The van der Waals surface area contributed by atoms with E-state index in [2.05, 4.69) is 5.32 Å². The van der Waals surface area contributed by atoms with E-state index in [4.69, 9.17) is 4.74 Å². The fourth-order valence-electron chi connectivity index (χ4n) is 4.63. The Morgan fingerprint density at radius 2 is 1.66 bits per heavy atom. The molecule has 2 N–H and O–H groups in total. The van der Waals surface area contributed by atoms with Gasteiger partial charge in [0.1, 0.15) is 17.8 Å². The van der Waals surface area contributed by atoms with Crippen LogP contribution in [0.2, 0.25) is 0 Å². The Bertz CT molecular complexity index is 1070. The van der Waals surface area contributed by atoms with Gasteiger partial charge in [0.25, 0.3) is 0 Å². The van der Waals surface area contributed by atoms with E-state index < -0.39 is 18.2 Å². The van der Waals surface area contributed by atoms with Crippen LogP contribution in [0.15, 0.2) is 54.6 Å². The molecule has 8 heteroatoms. The monoisotopic (exact) mass is 523 g/mol. The third kappa shape index (κ3) is 7.57. The summed E-state index contributed by atoms with van der Waals surface area (Å²) < 4.78 is 5.24. The van der Waals surface area contributed by atoms with Gasteiger partial charge in [0.15, 0.2) is 0 Å². The summed E-state index contributed by atoms with van der Waals surface area (Å²) in [4.78, 5) is 43.7. The molecule has 1 aliphatic heterocycles. The number of methoxy groups -OCH3 is 1. The van der Waals surface area contributed by atoms with Crippen LogP contribution in [0.3, 0.4) is 0 Å². The van der Waals surface area contributed by atoms with Gasteiger partial charge in [0.2, 0.25) is 17.7 Å². The van der Waals surface area contributed by atoms with E-state index in [1.165, 1.54) is 4.90 Å². The van der Waals surface area contributed by atoms with Crippen molar-refractivity contribution in [2.24, 2.45) is 11.8 Å². The number of amides is 3. The number of nitrogens with zero attached hydrogens (tertiary/aromatic N) is 2. The van der Waals surface area contributed by atoms with Crippen molar-refractivity contribution in [3.05, 3.63) is 65.7 Å². The Morgan fingerprint density at radius 3 is 2.21 bits per heavy atom. The van der Waals surface area contributed by atoms with Gasteiger partial charge in [-0.05, 0) is 35.6 Å². The van der Waals surface area contributed by atoms with E-state index >= 15 is 0 Å². The summed E-state index contributed by atoms with van der Waals surface area (Å²) in [7, 11) is 3.25. The molecule has 1 saturated heterocycles. The van der Waals surface area contributed by atoms with E-state index in [0.29, 0.717) is 25.1 Å². The zero-order valence-electron chi connectivity index (χ0n) is 23.1. The molecule has 8 nitrogen and oxygen atoms in total. The molecule has 1 unspecified atom stereocenters. The van der Waals surface area contributed by atoms with Crippen LogP contribution in [-0.4, -0.2) is 78.1 Å². The summed E-state index contributed by atoms with van der Waals surface area (Å²) in [5, 5.41) is 13.0. The molecule has 2 aromatic carbocycles. The number of aliphatic hydroxyl groups excluding tert-OH is 1. The van der Waals surface area contributed by atoms with Crippen LogP contribution in [0.25, 0.3) is 0 Å². The van der Waals surface area contributed by atoms with Crippen molar-refractivity contribution in [2.45, 2.75) is 58.2 Å². The number of rotatable bonds is 11. The number of likely N-dealkylation sites (tertiary alicyclic amines) is 1. The van der Waals surface area contributed by atoms with Crippen LogP contribution in [0, 0.1) is 11.8 Å². The van der Waals surface area contributed by atoms with E-state index in [0.717, 1.165) is 11.1 Å². The minimum absolute atomic E-state index is 0.114. The van der Waals surface area contributed by atoms with Gasteiger partial charge in [0, 0.05) is 38.9 Å². The molecule has 0 bridgehead atoms. The van der Waals surface area contributed by atoms with Crippen molar-refractivity contribution in [3.63, 3.8) is 0 Å². The molecule has 0 saturated carbocycles. The van der Waals surface area contributed by atoms with Gasteiger partial charge in [-0.1, -0.05) is 63.2 Å². The van der Waals surface area contributed by atoms with E-state index in [-0.39, 0.29) is 42.5 Å². The third-order valence-corrected chi connectivity index (χ3v) is 7.47. The Balaban J connectivity index is 1.87. The first-order chi connectivity index (χ1) is 18.1. The zero-order chi connectivity index (χ0) is 27.8. The van der Waals surface area contributed by atoms with Crippen LogP contribution >= 0.6 is 0 Å². The predicted octanol–water partition coefficient (Wildman–Crippen LogP) is 2.68. The van der Waals surface area contributed by atoms with Crippen LogP contribution in [-0.2, 0) is 27.2 Å². The van der Waals surface area contributed by atoms with E-state index in [1.807, 2.05) is 75.4 Å². The minimum Gasteiger partial charge on any atom is -0.497 e. The van der Waals surface area contributed by atoms with Crippen molar-refractivity contribution < 1.29 is 24.2 Å². The Kier molecular flexibility index (Phi) is 10.3. The van der Waals surface area contributed by atoms with Crippen LogP contribution < -0.4 is 10.1 Å². The molecular weight excluding hydrogens is 482 g/mol. The maximum absolute atomic E-state index is 13.8. The van der Waals surface area contributed by atoms with E-state index in [9.17, 15) is 19.5 Å². The predicted molar refractivity (Wildman–Crippen MR) is 147 cm³/mol. The largest absolute Gasteiger partial charge is 0.497 e. The van der Waals surface area contributed by atoms with Gasteiger partial charge in [-0.25, -0.2) is 0 Å². The lowest BCUT2D eigenvalue weighted by Crippen LogP contribution is -2.56. The van der Waals surface area contributed by atoms with Gasteiger partial charge in [-0.15, -0.1) is 0 Å². The smallest absolute Gasteiger partial charge is 0.245 e. The summed E-state index contributed by atoms with van der Waals surface area (Å²) in [5.41, 5.74) is 1.78. The molecule has 0 aliphatic carbocycles. The summed E-state index contributed by atoms with van der Waals surface area (Å²) >= 11 is 0. The summed E-state index contributed by atoms with van der Waals surface area (Å²) in [6.45, 7) is 6.52. The Labute approximate surface area is 226 Å². The number of carbonyl (C=O) groups excluding carboxylic acids is 3. The number of aliphatic hydroxyl groups is 1. The topological polar surface area (TPSA) is 99.2 Å². The van der Waals surface area contributed by atoms with Crippen molar-refractivity contribution >= 4 is 17.7 Å². The van der Waals surface area contributed by atoms with Crippen molar-refractivity contribution in [1.29, 1.82) is 0 Å². The molecule has 206 valence electrons. The van der Waals surface area contributed by atoms with Gasteiger partial charge in [-0.3, -0.25) is 14.4 Å². The number of benzene rings is 2. The molecule has 4 atom stereocenters. The number of hydrogen-bond acceptors (Lipinski definition) is 5. The number of likely N-dealkylation sites (N-methyl/N-ethyl adjacent to an activating group) is 1. The first-order valence-corrected chi connectivity index (χ1v) is 13.3. The van der Waals surface area contributed by atoms with Crippen molar-refractivity contribution in [3.8, 4) is 5.75 Å². The molecule has 3 amide bonds. The molecule has 38 heavy (non-hydrogen) atoms. The maximum Gasteiger partial charge on any atom is 0.245 e.